The Hall–Kier alpha value is -1.97. The van der Waals surface area contributed by atoms with Crippen LogP contribution in [0.25, 0.3) is 0 Å². The fourth-order valence-corrected chi connectivity index (χ4v) is 1.32. The van der Waals surface area contributed by atoms with Crippen LogP contribution in [0, 0.1) is 5.82 Å². The van der Waals surface area contributed by atoms with Crippen molar-refractivity contribution in [3.05, 3.63) is 64.1 Å². The van der Waals surface area contributed by atoms with Crippen LogP contribution in [0.3, 0.4) is 0 Å². The Kier molecular flexibility index (Phi) is 2.58. The van der Waals surface area contributed by atoms with Crippen molar-refractivity contribution >= 4 is 0 Å². The molecular weight excluding hydrogens is 195 g/mol. The average molecular weight is 204 g/mol. The SMILES string of the molecule is O=c1cc(Cc2ccc(F)cc2)nc[nH]1. The van der Waals surface area contributed by atoms with E-state index >= 15 is 0 Å². The molecule has 0 saturated heterocycles. The van der Waals surface area contributed by atoms with Crippen molar-refractivity contribution in [3.8, 4) is 0 Å². The lowest BCUT2D eigenvalue weighted by Gasteiger charge is -1.99. The number of nitrogens with one attached hydrogen (secondary N) is 1. The number of halogens is 1. The quantitative estimate of drug-likeness (QED) is 0.805. The summed E-state index contributed by atoms with van der Waals surface area (Å²) in [6.07, 6.45) is 1.89. The van der Waals surface area contributed by atoms with E-state index in [1.54, 1.807) is 12.1 Å². The van der Waals surface area contributed by atoms with Crippen molar-refractivity contribution < 1.29 is 4.39 Å². The third kappa shape index (κ3) is 2.49. The Morgan fingerprint density at radius 3 is 2.67 bits per heavy atom. The number of H-pyrrole nitrogens is 1. The standard InChI is InChI=1S/C11H9FN2O/c12-9-3-1-8(2-4-9)5-10-6-11(15)14-7-13-10/h1-4,6-7H,5H2,(H,13,14,15). The van der Waals surface area contributed by atoms with Gasteiger partial charge in [-0.05, 0) is 17.7 Å². The Balaban J connectivity index is 2.22. The summed E-state index contributed by atoms with van der Waals surface area (Å²) >= 11 is 0. The highest BCUT2D eigenvalue weighted by Crippen LogP contribution is 2.06. The van der Waals surface area contributed by atoms with E-state index in [2.05, 4.69) is 9.97 Å². The third-order valence-corrected chi connectivity index (χ3v) is 2.03. The maximum absolute atomic E-state index is 12.6. The topological polar surface area (TPSA) is 45.8 Å². The summed E-state index contributed by atoms with van der Waals surface area (Å²) in [7, 11) is 0. The second-order valence-corrected chi connectivity index (χ2v) is 3.21. The van der Waals surface area contributed by atoms with E-state index in [1.807, 2.05) is 0 Å². The van der Waals surface area contributed by atoms with Crippen LogP contribution >= 0.6 is 0 Å². The molecule has 0 saturated carbocycles. The van der Waals surface area contributed by atoms with Crippen LogP contribution in [0.15, 0.2) is 41.5 Å². The molecule has 1 heterocycles. The van der Waals surface area contributed by atoms with Crippen LogP contribution in [0.5, 0.6) is 0 Å². The summed E-state index contributed by atoms with van der Waals surface area (Å²) in [6, 6.07) is 7.57. The Bertz CT molecular complexity index is 504. The normalized spacial score (nSPS) is 10.2. The molecule has 0 fully saturated rings. The predicted molar refractivity (Wildman–Crippen MR) is 54.1 cm³/mol. The number of benzene rings is 1. The fraction of sp³-hybridized carbons (Fsp3) is 0.0909. The first-order valence-corrected chi connectivity index (χ1v) is 4.52. The van der Waals surface area contributed by atoms with Gasteiger partial charge in [0.05, 0.1) is 12.0 Å². The minimum atomic E-state index is -0.266. The number of aromatic amines is 1. The van der Waals surface area contributed by atoms with Crippen molar-refractivity contribution in [3.63, 3.8) is 0 Å². The molecule has 1 aromatic carbocycles. The molecule has 2 aromatic rings. The van der Waals surface area contributed by atoms with Crippen LogP contribution in [0.1, 0.15) is 11.3 Å². The average Bonchev–Trinajstić information content (AvgIpc) is 2.22. The zero-order chi connectivity index (χ0) is 10.7. The van der Waals surface area contributed by atoms with Crippen LogP contribution in [-0.2, 0) is 6.42 Å². The third-order valence-electron chi connectivity index (χ3n) is 2.03. The van der Waals surface area contributed by atoms with E-state index in [0.29, 0.717) is 12.1 Å². The number of hydrogen-bond donors (Lipinski definition) is 1. The molecule has 4 heteroatoms. The van der Waals surface area contributed by atoms with Gasteiger partial charge in [-0.1, -0.05) is 12.1 Å². The Morgan fingerprint density at radius 2 is 2.00 bits per heavy atom. The second kappa shape index (κ2) is 4.04. The van der Waals surface area contributed by atoms with Crippen LogP contribution in [0.4, 0.5) is 4.39 Å². The molecule has 0 aliphatic heterocycles. The summed E-state index contributed by atoms with van der Waals surface area (Å²) in [5, 5.41) is 0. The highest BCUT2D eigenvalue weighted by atomic mass is 19.1. The molecule has 1 aromatic heterocycles. The van der Waals surface area contributed by atoms with Gasteiger partial charge in [-0.25, -0.2) is 9.37 Å². The van der Waals surface area contributed by atoms with Crippen molar-refractivity contribution in [2.75, 3.05) is 0 Å². The molecule has 0 bridgehead atoms. The summed E-state index contributed by atoms with van der Waals surface area (Å²) in [5.41, 5.74) is 1.42. The van der Waals surface area contributed by atoms with Crippen molar-refractivity contribution in [2.24, 2.45) is 0 Å². The zero-order valence-electron chi connectivity index (χ0n) is 7.90. The lowest BCUT2D eigenvalue weighted by molar-refractivity contribution is 0.627. The molecule has 0 atom stereocenters. The van der Waals surface area contributed by atoms with E-state index in [9.17, 15) is 9.18 Å². The minimum absolute atomic E-state index is 0.179. The van der Waals surface area contributed by atoms with Crippen molar-refractivity contribution in [1.82, 2.24) is 9.97 Å². The number of aromatic nitrogens is 2. The second-order valence-electron chi connectivity index (χ2n) is 3.21. The zero-order valence-corrected chi connectivity index (χ0v) is 7.90. The highest BCUT2D eigenvalue weighted by Gasteiger charge is 1.98. The Labute approximate surface area is 85.6 Å². The lowest BCUT2D eigenvalue weighted by atomic mass is 10.1. The molecule has 3 nitrogen and oxygen atoms in total. The summed E-state index contributed by atoms with van der Waals surface area (Å²) in [4.78, 5) is 17.4. The molecule has 0 aliphatic carbocycles. The van der Waals surface area contributed by atoms with Crippen LogP contribution < -0.4 is 5.56 Å². The highest BCUT2D eigenvalue weighted by molar-refractivity contribution is 5.21. The van der Waals surface area contributed by atoms with Gasteiger partial charge < -0.3 is 4.98 Å². The Morgan fingerprint density at radius 1 is 1.27 bits per heavy atom. The molecule has 0 aliphatic rings. The lowest BCUT2D eigenvalue weighted by Crippen LogP contribution is -2.06. The van der Waals surface area contributed by atoms with Gasteiger partial charge in [-0.2, -0.15) is 0 Å². The van der Waals surface area contributed by atoms with E-state index in [4.69, 9.17) is 0 Å². The summed E-state index contributed by atoms with van der Waals surface area (Å²) < 4.78 is 12.6. The molecular formula is C11H9FN2O. The van der Waals surface area contributed by atoms with Gasteiger partial charge in [-0.15, -0.1) is 0 Å². The maximum Gasteiger partial charge on any atom is 0.250 e. The fourth-order valence-electron chi connectivity index (χ4n) is 1.32. The predicted octanol–water partition coefficient (Wildman–Crippen LogP) is 1.50. The van der Waals surface area contributed by atoms with Gasteiger partial charge in [0.1, 0.15) is 5.82 Å². The van der Waals surface area contributed by atoms with Crippen molar-refractivity contribution in [1.29, 1.82) is 0 Å². The van der Waals surface area contributed by atoms with E-state index < -0.39 is 0 Å². The first-order chi connectivity index (χ1) is 7.24. The molecule has 76 valence electrons. The van der Waals surface area contributed by atoms with Gasteiger partial charge >= 0.3 is 0 Å². The van der Waals surface area contributed by atoms with E-state index in [0.717, 1.165) is 5.56 Å². The molecule has 0 radical (unpaired) electrons. The minimum Gasteiger partial charge on any atom is -0.313 e. The molecule has 0 unspecified atom stereocenters. The molecule has 15 heavy (non-hydrogen) atoms. The van der Waals surface area contributed by atoms with E-state index in [1.165, 1.54) is 24.5 Å². The van der Waals surface area contributed by atoms with E-state index in [-0.39, 0.29) is 11.4 Å². The molecule has 2 rings (SSSR count). The maximum atomic E-state index is 12.6. The summed E-state index contributed by atoms with van der Waals surface area (Å²) in [5.74, 6) is -0.266. The first-order valence-electron chi connectivity index (χ1n) is 4.52. The van der Waals surface area contributed by atoms with Crippen LogP contribution in [0.2, 0.25) is 0 Å². The molecule has 0 spiro atoms. The number of hydrogen-bond acceptors (Lipinski definition) is 2. The van der Waals surface area contributed by atoms with Crippen molar-refractivity contribution in [2.45, 2.75) is 6.42 Å². The van der Waals surface area contributed by atoms with Gasteiger partial charge in [0.15, 0.2) is 0 Å². The van der Waals surface area contributed by atoms with Gasteiger partial charge in [-0.3, -0.25) is 4.79 Å². The number of nitrogens with zero attached hydrogens (tertiary/aromatic N) is 1. The van der Waals surface area contributed by atoms with Gasteiger partial charge in [0.2, 0.25) is 0 Å². The monoisotopic (exact) mass is 204 g/mol. The number of rotatable bonds is 2. The largest absolute Gasteiger partial charge is 0.313 e. The first kappa shape index (κ1) is 9.58. The smallest absolute Gasteiger partial charge is 0.250 e. The van der Waals surface area contributed by atoms with Gasteiger partial charge in [0, 0.05) is 12.5 Å². The van der Waals surface area contributed by atoms with Gasteiger partial charge in [0.25, 0.3) is 5.56 Å². The van der Waals surface area contributed by atoms with Crippen LogP contribution in [-0.4, -0.2) is 9.97 Å². The summed E-state index contributed by atoms with van der Waals surface area (Å²) in [6.45, 7) is 0. The molecule has 1 N–H and O–H groups in total. The molecule has 0 amide bonds.